The Kier molecular flexibility index (Phi) is 3.79. The van der Waals surface area contributed by atoms with Gasteiger partial charge in [-0.1, -0.05) is 6.07 Å². The smallest absolute Gasteiger partial charge is 0.107 e. The fourth-order valence-corrected chi connectivity index (χ4v) is 4.24. The van der Waals surface area contributed by atoms with E-state index in [4.69, 9.17) is 0 Å². The number of nitrogens with zero attached hydrogens (tertiary/aromatic N) is 1. The molecule has 1 unspecified atom stereocenters. The van der Waals surface area contributed by atoms with Crippen LogP contribution in [0.3, 0.4) is 0 Å². The predicted molar refractivity (Wildman–Crippen MR) is 72.8 cm³/mol. The molecule has 0 radical (unpaired) electrons. The van der Waals surface area contributed by atoms with Gasteiger partial charge < -0.3 is 5.11 Å². The molecule has 0 aliphatic heterocycles. The Morgan fingerprint density at radius 3 is 2.62 bits per heavy atom. The van der Waals surface area contributed by atoms with Crippen LogP contribution in [-0.2, 0) is 0 Å². The third-order valence-electron chi connectivity index (χ3n) is 2.23. The summed E-state index contributed by atoms with van der Waals surface area (Å²) in [5, 5.41) is 10.2. The lowest BCUT2D eigenvalue weighted by atomic mass is 10.1. The summed E-state index contributed by atoms with van der Waals surface area (Å²) in [6.07, 6.45) is 1.07. The first kappa shape index (κ1) is 12.2. The molecule has 0 aliphatic carbocycles. The van der Waals surface area contributed by atoms with Crippen molar-refractivity contribution >= 4 is 43.2 Å². The minimum absolute atomic E-state index is 0.634. The molecule has 0 amide bonds. The predicted octanol–water partition coefficient (Wildman–Crippen LogP) is 4.06. The third-order valence-corrected chi connectivity index (χ3v) is 4.61. The lowest BCUT2D eigenvalue weighted by molar-refractivity contribution is 0.219. The Hall–Kier alpha value is -0.230. The number of rotatable bonds is 2. The molecule has 2 aromatic rings. The highest BCUT2D eigenvalue weighted by Gasteiger charge is 2.16. The van der Waals surface area contributed by atoms with E-state index >= 15 is 0 Å². The van der Waals surface area contributed by atoms with E-state index in [-0.39, 0.29) is 0 Å². The number of halogens is 2. The van der Waals surface area contributed by atoms with Crippen LogP contribution in [0.15, 0.2) is 32.0 Å². The number of aliphatic hydroxyl groups excluding tert-OH is 1. The fourth-order valence-electron chi connectivity index (χ4n) is 1.36. The van der Waals surface area contributed by atoms with E-state index in [1.165, 1.54) is 0 Å². The monoisotopic (exact) mass is 361 g/mol. The van der Waals surface area contributed by atoms with Crippen LogP contribution in [0.4, 0.5) is 0 Å². The molecule has 5 heteroatoms. The van der Waals surface area contributed by atoms with Crippen molar-refractivity contribution in [2.24, 2.45) is 0 Å². The van der Waals surface area contributed by atoms with Crippen LogP contribution >= 0.6 is 43.2 Å². The highest BCUT2D eigenvalue weighted by molar-refractivity contribution is 9.12. The topological polar surface area (TPSA) is 33.1 Å². The molecule has 16 heavy (non-hydrogen) atoms. The molecule has 0 fully saturated rings. The summed E-state index contributed by atoms with van der Waals surface area (Å²) < 4.78 is 1.93. The number of pyridine rings is 1. The highest BCUT2D eigenvalue weighted by atomic mass is 79.9. The normalized spacial score (nSPS) is 12.8. The van der Waals surface area contributed by atoms with Gasteiger partial charge in [0.1, 0.15) is 6.10 Å². The Bertz CT molecular complexity index is 495. The first-order chi connectivity index (χ1) is 7.58. The second kappa shape index (κ2) is 4.96. The van der Waals surface area contributed by atoms with Crippen molar-refractivity contribution in [1.29, 1.82) is 0 Å². The average Bonchev–Trinajstić information content (AvgIpc) is 2.58. The van der Waals surface area contributed by atoms with E-state index in [0.29, 0.717) is 0 Å². The van der Waals surface area contributed by atoms with E-state index in [1.54, 1.807) is 17.5 Å². The molecule has 2 rings (SSSR count). The number of hydrogen-bond donors (Lipinski definition) is 1. The van der Waals surface area contributed by atoms with Crippen LogP contribution in [0, 0.1) is 6.92 Å². The largest absolute Gasteiger partial charge is 0.384 e. The van der Waals surface area contributed by atoms with Crippen molar-refractivity contribution in [2.45, 2.75) is 13.0 Å². The number of thiophene rings is 1. The molecule has 0 saturated carbocycles. The maximum atomic E-state index is 10.2. The molecule has 1 atom stereocenters. The molecule has 84 valence electrons. The molecule has 1 N–H and O–H groups in total. The van der Waals surface area contributed by atoms with Crippen molar-refractivity contribution in [2.75, 3.05) is 0 Å². The van der Waals surface area contributed by atoms with E-state index in [2.05, 4.69) is 36.8 Å². The molecule has 0 saturated heterocycles. The molecular weight excluding hydrogens is 354 g/mol. The summed E-state index contributed by atoms with van der Waals surface area (Å²) in [5.74, 6) is 0. The van der Waals surface area contributed by atoms with Crippen molar-refractivity contribution in [3.8, 4) is 0 Å². The lowest BCUT2D eigenvalue weighted by Gasteiger charge is -2.09. The Morgan fingerprint density at radius 1 is 1.38 bits per heavy atom. The molecule has 0 spiro atoms. The zero-order chi connectivity index (χ0) is 11.7. The van der Waals surface area contributed by atoms with Crippen molar-refractivity contribution in [3.63, 3.8) is 0 Å². The van der Waals surface area contributed by atoms with E-state index in [0.717, 1.165) is 24.4 Å². The van der Waals surface area contributed by atoms with Gasteiger partial charge in [-0.25, -0.2) is 0 Å². The number of aliphatic hydroxyl groups is 1. The van der Waals surface area contributed by atoms with Gasteiger partial charge in [0.25, 0.3) is 0 Å². The summed E-state index contributed by atoms with van der Waals surface area (Å²) in [5.41, 5.74) is 2.61. The van der Waals surface area contributed by atoms with E-state index in [1.807, 2.05) is 25.1 Å². The number of aromatic nitrogens is 1. The first-order valence-corrected chi connectivity index (χ1v) is 7.03. The van der Waals surface area contributed by atoms with Crippen LogP contribution in [-0.4, -0.2) is 10.1 Å². The molecule has 2 aromatic heterocycles. The van der Waals surface area contributed by atoms with Gasteiger partial charge in [-0.2, -0.15) is 0 Å². The molecule has 0 bridgehead atoms. The van der Waals surface area contributed by atoms with Crippen LogP contribution in [0.2, 0.25) is 0 Å². The van der Waals surface area contributed by atoms with Gasteiger partial charge in [0, 0.05) is 23.0 Å². The quantitative estimate of drug-likeness (QED) is 0.873. The van der Waals surface area contributed by atoms with Gasteiger partial charge in [-0.3, -0.25) is 4.98 Å². The zero-order valence-electron chi connectivity index (χ0n) is 8.45. The summed E-state index contributed by atoms with van der Waals surface area (Å²) in [6, 6.07) is 5.71. The van der Waals surface area contributed by atoms with Gasteiger partial charge in [0.2, 0.25) is 0 Å². The summed E-state index contributed by atoms with van der Waals surface area (Å²) in [4.78, 5) is 4.18. The van der Waals surface area contributed by atoms with Crippen molar-refractivity contribution in [3.05, 3.63) is 48.8 Å². The molecule has 0 aliphatic rings. The standard InChI is InChI=1S/C11H9Br2NOS/c1-6-2-3-7(5-14-6)10(15)8-4-9(12)16-11(8)13/h2-5,10,15H,1H3. The molecule has 2 heterocycles. The summed E-state index contributed by atoms with van der Waals surface area (Å²) in [6.45, 7) is 1.92. The Labute approximate surface area is 115 Å². The average molecular weight is 363 g/mol. The van der Waals surface area contributed by atoms with Gasteiger partial charge in [0.05, 0.1) is 7.57 Å². The number of aryl methyl sites for hydroxylation is 1. The van der Waals surface area contributed by atoms with Gasteiger partial charge in [-0.15, -0.1) is 11.3 Å². The minimum atomic E-state index is -0.634. The molecular formula is C11H9Br2NOS. The summed E-state index contributed by atoms with van der Waals surface area (Å²) in [7, 11) is 0. The maximum absolute atomic E-state index is 10.2. The lowest BCUT2D eigenvalue weighted by Crippen LogP contribution is -1.99. The van der Waals surface area contributed by atoms with Crippen LogP contribution in [0.25, 0.3) is 0 Å². The van der Waals surface area contributed by atoms with Gasteiger partial charge in [0.15, 0.2) is 0 Å². The minimum Gasteiger partial charge on any atom is -0.384 e. The van der Waals surface area contributed by atoms with E-state index < -0.39 is 6.10 Å². The van der Waals surface area contributed by atoms with Crippen molar-refractivity contribution in [1.82, 2.24) is 4.98 Å². The Balaban J connectivity index is 2.35. The van der Waals surface area contributed by atoms with Crippen LogP contribution < -0.4 is 0 Å². The third kappa shape index (κ3) is 2.53. The summed E-state index contributed by atoms with van der Waals surface area (Å²) >= 11 is 8.38. The first-order valence-electron chi connectivity index (χ1n) is 4.63. The second-order valence-corrected chi connectivity index (χ2v) is 7.16. The van der Waals surface area contributed by atoms with E-state index in [9.17, 15) is 5.11 Å². The zero-order valence-corrected chi connectivity index (χ0v) is 12.4. The van der Waals surface area contributed by atoms with Crippen LogP contribution in [0.5, 0.6) is 0 Å². The fraction of sp³-hybridized carbons (Fsp3) is 0.182. The van der Waals surface area contributed by atoms with Crippen molar-refractivity contribution < 1.29 is 5.11 Å². The Morgan fingerprint density at radius 2 is 2.12 bits per heavy atom. The maximum Gasteiger partial charge on any atom is 0.107 e. The van der Waals surface area contributed by atoms with Crippen LogP contribution in [0.1, 0.15) is 22.9 Å². The SMILES string of the molecule is Cc1ccc(C(O)c2cc(Br)sc2Br)cn1. The molecule has 2 nitrogen and oxygen atoms in total. The van der Waals surface area contributed by atoms with Gasteiger partial charge >= 0.3 is 0 Å². The number of hydrogen-bond acceptors (Lipinski definition) is 3. The highest BCUT2D eigenvalue weighted by Crippen LogP contribution is 2.37. The van der Waals surface area contributed by atoms with Gasteiger partial charge in [-0.05, 0) is 50.9 Å². The molecule has 0 aromatic carbocycles. The second-order valence-electron chi connectivity index (χ2n) is 3.42.